The predicted molar refractivity (Wildman–Crippen MR) is 53.2 cm³/mol. The van der Waals surface area contributed by atoms with Gasteiger partial charge in [-0.2, -0.15) is 0 Å². The summed E-state index contributed by atoms with van der Waals surface area (Å²) >= 11 is 5.69. The van der Waals surface area contributed by atoms with E-state index in [1.807, 2.05) is 6.07 Å². The third-order valence-corrected chi connectivity index (χ3v) is 2.45. The van der Waals surface area contributed by atoms with Crippen LogP contribution in [0.3, 0.4) is 0 Å². The molecular weight excluding hydrogens is 202 g/mol. The molecule has 1 aliphatic rings. The van der Waals surface area contributed by atoms with E-state index in [-0.39, 0.29) is 18.2 Å². The quantitative estimate of drug-likeness (QED) is 0.520. The van der Waals surface area contributed by atoms with Crippen LogP contribution in [0.1, 0.15) is 6.42 Å². The third kappa shape index (κ3) is 1.40. The first-order chi connectivity index (χ1) is 6.70. The maximum Gasteiger partial charge on any atom is 0.252 e. The minimum atomic E-state index is -0.706. The van der Waals surface area contributed by atoms with Crippen LogP contribution in [0.5, 0.6) is 0 Å². The maximum absolute atomic E-state index is 11.5. The summed E-state index contributed by atoms with van der Waals surface area (Å²) in [6.45, 7) is 0. The lowest BCUT2D eigenvalue weighted by molar-refractivity contribution is -0.121. The summed E-state index contributed by atoms with van der Waals surface area (Å²) in [7, 11) is 0. The molecule has 1 aromatic carbocycles. The normalized spacial score (nSPS) is 21.8. The van der Waals surface area contributed by atoms with Gasteiger partial charge in [0.25, 0.3) is 5.91 Å². The Hall–Kier alpha value is -1.35. The maximum atomic E-state index is 11.5. The van der Waals surface area contributed by atoms with Crippen molar-refractivity contribution >= 4 is 29.1 Å². The van der Waals surface area contributed by atoms with Crippen LogP contribution >= 0.6 is 11.6 Å². The molecule has 14 heavy (non-hydrogen) atoms. The van der Waals surface area contributed by atoms with Gasteiger partial charge in [-0.05, 0) is 12.1 Å². The van der Waals surface area contributed by atoms with Crippen LogP contribution < -0.4 is 4.90 Å². The van der Waals surface area contributed by atoms with E-state index in [0.29, 0.717) is 5.69 Å². The van der Waals surface area contributed by atoms with Gasteiger partial charge in [0, 0.05) is 0 Å². The van der Waals surface area contributed by atoms with Gasteiger partial charge in [0.15, 0.2) is 0 Å². The molecule has 1 saturated heterocycles. The number of hydrogen-bond donors (Lipinski definition) is 0. The van der Waals surface area contributed by atoms with Crippen molar-refractivity contribution in [3.63, 3.8) is 0 Å². The summed E-state index contributed by atoms with van der Waals surface area (Å²) in [6.07, 6.45) is 0.0925. The van der Waals surface area contributed by atoms with Gasteiger partial charge < -0.3 is 0 Å². The number of halogens is 1. The van der Waals surface area contributed by atoms with E-state index >= 15 is 0 Å². The molecule has 4 heteroatoms. The van der Waals surface area contributed by atoms with E-state index in [4.69, 9.17) is 11.6 Å². The van der Waals surface area contributed by atoms with Gasteiger partial charge in [0.2, 0.25) is 5.91 Å². The van der Waals surface area contributed by atoms with Crippen molar-refractivity contribution in [3.8, 4) is 0 Å². The predicted octanol–water partition coefficient (Wildman–Crippen LogP) is 1.56. The average Bonchev–Trinajstić information content (AvgIpc) is 2.43. The van der Waals surface area contributed by atoms with Crippen LogP contribution in [0, 0.1) is 0 Å². The third-order valence-electron chi connectivity index (χ3n) is 2.11. The van der Waals surface area contributed by atoms with E-state index in [1.54, 1.807) is 24.3 Å². The highest BCUT2D eigenvalue weighted by Gasteiger charge is 2.37. The second kappa shape index (κ2) is 3.42. The fourth-order valence-electron chi connectivity index (χ4n) is 1.44. The van der Waals surface area contributed by atoms with Crippen molar-refractivity contribution in [2.75, 3.05) is 4.90 Å². The Balaban J connectivity index is 2.36. The zero-order valence-electron chi connectivity index (χ0n) is 7.31. The lowest BCUT2D eigenvalue weighted by Crippen LogP contribution is -2.30. The summed E-state index contributed by atoms with van der Waals surface area (Å²) in [5, 5.41) is -0.706. The van der Waals surface area contributed by atoms with E-state index < -0.39 is 5.38 Å². The number of carbonyl (C=O) groups is 2. The fourth-order valence-corrected chi connectivity index (χ4v) is 1.67. The van der Waals surface area contributed by atoms with Crippen molar-refractivity contribution in [2.24, 2.45) is 0 Å². The van der Waals surface area contributed by atoms with E-state index in [1.165, 1.54) is 0 Å². The van der Waals surface area contributed by atoms with Gasteiger partial charge in [0.05, 0.1) is 12.1 Å². The number of rotatable bonds is 1. The molecule has 1 aromatic rings. The van der Waals surface area contributed by atoms with Crippen LogP contribution in [0.4, 0.5) is 5.69 Å². The topological polar surface area (TPSA) is 37.4 Å². The highest BCUT2D eigenvalue weighted by molar-refractivity contribution is 6.40. The van der Waals surface area contributed by atoms with Crippen LogP contribution in [0.2, 0.25) is 0 Å². The van der Waals surface area contributed by atoms with Gasteiger partial charge in [-0.1, -0.05) is 18.2 Å². The number of alkyl halides is 1. The molecule has 1 fully saturated rings. The number of imide groups is 1. The molecular formula is C10H8ClNO2. The Morgan fingerprint density at radius 1 is 1.21 bits per heavy atom. The molecule has 0 saturated carbocycles. The largest absolute Gasteiger partial charge is 0.274 e. The molecule has 1 atom stereocenters. The van der Waals surface area contributed by atoms with Crippen LogP contribution in [0.15, 0.2) is 30.3 Å². The molecule has 2 rings (SSSR count). The van der Waals surface area contributed by atoms with Crippen molar-refractivity contribution in [1.29, 1.82) is 0 Å². The van der Waals surface area contributed by atoms with Gasteiger partial charge in [-0.25, -0.2) is 4.90 Å². The number of benzene rings is 1. The molecule has 0 aliphatic carbocycles. The van der Waals surface area contributed by atoms with E-state index in [9.17, 15) is 9.59 Å². The van der Waals surface area contributed by atoms with Crippen LogP contribution in [-0.4, -0.2) is 17.2 Å². The van der Waals surface area contributed by atoms with Crippen molar-refractivity contribution in [1.82, 2.24) is 0 Å². The first-order valence-corrected chi connectivity index (χ1v) is 4.69. The number of anilines is 1. The smallest absolute Gasteiger partial charge is 0.252 e. The van der Waals surface area contributed by atoms with Crippen molar-refractivity contribution in [3.05, 3.63) is 30.3 Å². The highest BCUT2D eigenvalue weighted by Crippen LogP contribution is 2.24. The molecule has 1 aliphatic heterocycles. The SMILES string of the molecule is O=C1C[C@@H](Cl)C(=O)N1c1ccccc1. The Bertz CT molecular complexity index is 377. The summed E-state index contributed by atoms with van der Waals surface area (Å²) in [5.41, 5.74) is 0.589. The number of hydrogen-bond acceptors (Lipinski definition) is 2. The van der Waals surface area contributed by atoms with E-state index in [0.717, 1.165) is 4.90 Å². The molecule has 1 heterocycles. The Labute approximate surface area is 86.3 Å². The monoisotopic (exact) mass is 209 g/mol. The van der Waals surface area contributed by atoms with Gasteiger partial charge >= 0.3 is 0 Å². The number of amides is 2. The van der Waals surface area contributed by atoms with Crippen molar-refractivity contribution in [2.45, 2.75) is 11.8 Å². The summed E-state index contributed by atoms with van der Waals surface area (Å²) in [4.78, 5) is 24.0. The molecule has 2 amide bonds. The van der Waals surface area contributed by atoms with E-state index in [2.05, 4.69) is 0 Å². The minimum absolute atomic E-state index is 0.0925. The van der Waals surface area contributed by atoms with Crippen molar-refractivity contribution < 1.29 is 9.59 Å². The molecule has 0 aromatic heterocycles. The second-order valence-corrected chi connectivity index (χ2v) is 3.60. The molecule has 72 valence electrons. The molecule has 0 N–H and O–H groups in total. The molecule has 0 unspecified atom stereocenters. The Morgan fingerprint density at radius 3 is 2.36 bits per heavy atom. The minimum Gasteiger partial charge on any atom is -0.274 e. The summed E-state index contributed by atoms with van der Waals surface area (Å²) in [5.74, 6) is -0.566. The lowest BCUT2D eigenvalue weighted by atomic mass is 10.3. The molecule has 0 radical (unpaired) electrons. The highest BCUT2D eigenvalue weighted by atomic mass is 35.5. The second-order valence-electron chi connectivity index (χ2n) is 3.07. The first-order valence-electron chi connectivity index (χ1n) is 4.26. The Kier molecular flexibility index (Phi) is 2.25. The number of nitrogens with zero attached hydrogens (tertiary/aromatic N) is 1. The Morgan fingerprint density at radius 2 is 1.86 bits per heavy atom. The fraction of sp³-hybridized carbons (Fsp3) is 0.200. The van der Waals surface area contributed by atoms with Crippen LogP contribution in [0.25, 0.3) is 0 Å². The molecule has 0 bridgehead atoms. The standard InChI is InChI=1S/C10H8ClNO2/c11-8-6-9(13)12(10(8)14)7-4-2-1-3-5-7/h1-5,8H,6H2/t8-/m1/s1. The lowest BCUT2D eigenvalue weighted by Gasteiger charge is -2.13. The molecule has 3 nitrogen and oxygen atoms in total. The van der Waals surface area contributed by atoms with Crippen LogP contribution in [-0.2, 0) is 9.59 Å². The van der Waals surface area contributed by atoms with Gasteiger partial charge in [-0.15, -0.1) is 11.6 Å². The zero-order valence-corrected chi connectivity index (χ0v) is 8.07. The summed E-state index contributed by atoms with van der Waals surface area (Å²) < 4.78 is 0. The van der Waals surface area contributed by atoms with Gasteiger partial charge in [-0.3, -0.25) is 9.59 Å². The average molecular weight is 210 g/mol. The summed E-state index contributed by atoms with van der Waals surface area (Å²) in [6, 6.07) is 8.80. The number of carbonyl (C=O) groups excluding carboxylic acids is 2. The van der Waals surface area contributed by atoms with Gasteiger partial charge in [0.1, 0.15) is 5.38 Å². The number of para-hydroxylation sites is 1. The molecule has 0 spiro atoms. The zero-order chi connectivity index (χ0) is 10.1. The first kappa shape index (κ1) is 9.21.